The quantitative estimate of drug-likeness (QED) is 0.743. The van der Waals surface area contributed by atoms with Crippen LogP contribution in [0.1, 0.15) is 39.0 Å². The molecule has 90 valence electrons. The van der Waals surface area contributed by atoms with Crippen LogP contribution in [0.15, 0.2) is 0 Å². The van der Waals surface area contributed by atoms with Gasteiger partial charge in [-0.3, -0.25) is 0 Å². The molecule has 1 aliphatic carbocycles. The number of hydrogen-bond donors (Lipinski definition) is 2. The van der Waals surface area contributed by atoms with Crippen molar-refractivity contribution in [2.75, 3.05) is 12.4 Å². The first-order chi connectivity index (χ1) is 7.07. The number of sulfonamides is 1. The van der Waals surface area contributed by atoms with E-state index in [-0.39, 0.29) is 18.4 Å². The van der Waals surface area contributed by atoms with Crippen LogP contribution in [0.2, 0.25) is 0 Å². The molecule has 0 heterocycles. The van der Waals surface area contributed by atoms with Crippen molar-refractivity contribution in [3.63, 3.8) is 0 Å². The predicted octanol–water partition coefficient (Wildman–Crippen LogP) is 0.867. The Morgan fingerprint density at radius 1 is 1.27 bits per heavy atom. The minimum absolute atomic E-state index is 0.0874. The second kappa shape index (κ2) is 5.82. The van der Waals surface area contributed by atoms with E-state index in [2.05, 4.69) is 4.72 Å². The molecule has 1 rings (SSSR count). The lowest BCUT2D eigenvalue weighted by molar-refractivity contribution is 0.180. The average molecular weight is 235 g/mol. The van der Waals surface area contributed by atoms with Crippen LogP contribution in [0.5, 0.6) is 0 Å². The van der Waals surface area contributed by atoms with Gasteiger partial charge >= 0.3 is 0 Å². The highest BCUT2D eigenvalue weighted by Crippen LogP contribution is 2.24. The molecule has 0 atom stereocenters. The Kier molecular flexibility index (Phi) is 5.02. The Morgan fingerprint density at radius 3 is 2.33 bits per heavy atom. The third kappa shape index (κ3) is 4.49. The summed E-state index contributed by atoms with van der Waals surface area (Å²) in [6, 6.07) is 0.0874. The van der Waals surface area contributed by atoms with Gasteiger partial charge in [0.25, 0.3) is 0 Å². The molecule has 2 N–H and O–H groups in total. The van der Waals surface area contributed by atoms with Crippen molar-refractivity contribution in [2.24, 2.45) is 5.92 Å². The summed E-state index contributed by atoms with van der Waals surface area (Å²) in [6.45, 7) is 2.09. The molecule has 15 heavy (non-hydrogen) atoms. The van der Waals surface area contributed by atoms with Crippen LogP contribution < -0.4 is 4.72 Å². The Hall–Kier alpha value is -0.130. The normalized spacial score (nSPS) is 27.9. The molecule has 1 saturated carbocycles. The van der Waals surface area contributed by atoms with Gasteiger partial charge in [0.1, 0.15) is 0 Å². The first kappa shape index (κ1) is 12.9. The first-order valence-electron chi connectivity index (χ1n) is 5.68. The maximum absolute atomic E-state index is 11.5. The highest BCUT2D eigenvalue weighted by molar-refractivity contribution is 7.89. The summed E-state index contributed by atoms with van der Waals surface area (Å²) in [6.07, 6.45) is 4.22. The lowest BCUT2D eigenvalue weighted by atomic mass is 9.87. The van der Waals surface area contributed by atoms with E-state index in [4.69, 9.17) is 5.11 Å². The average Bonchev–Trinajstić information content (AvgIpc) is 2.18. The summed E-state index contributed by atoms with van der Waals surface area (Å²) >= 11 is 0. The Bertz CT molecular complexity index is 268. The van der Waals surface area contributed by atoms with Crippen molar-refractivity contribution >= 4 is 10.0 Å². The minimum atomic E-state index is -3.07. The topological polar surface area (TPSA) is 66.4 Å². The maximum Gasteiger partial charge on any atom is 0.211 e. The van der Waals surface area contributed by atoms with E-state index < -0.39 is 10.0 Å². The van der Waals surface area contributed by atoms with E-state index in [9.17, 15) is 8.42 Å². The SMILES string of the molecule is CCCS(=O)(=O)NC1CCC(CO)CC1. The Morgan fingerprint density at radius 2 is 1.87 bits per heavy atom. The molecule has 0 bridgehead atoms. The molecule has 0 amide bonds. The van der Waals surface area contributed by atoms with E-state index in [1.165, 1.54) is 0 Å². The molecule has 0 radical (unpaired) electrons. The number of nitrogens with one attached hydrogen (secondary N) is 1. The highest BCUT2D eigenvalue weighted by Gasteiger charge is 2.23. The van der Waals surface area contributed by atoms with Gasteiger partial charge in [-0.1, -0.05) is 6.92 Å². The molecular formula is C10H21NO3S. The van der Waals surface area contributed by atoms with E-state index >= 15 is 0 Å². The summed E-state index contributed by atoms with van der Waals surface area (Å²) in [5.41, 5.74) is 0. The molecule has 0 aromatic carbocycles. The highest BCUT2D eigenvalue weighted by atomic mass is 32.2. The molecule has 1 aliphatic rings. The van der Waals surface area contributed by atoms with E-state index in [0.717, 1.165) is 25.7 Å². The molecule has 1 fully saturated rings. The van der Waals surface area contributed by atoms with Crippen molar-refractivity contribution in [3.8, 4) is 0 Å². The van der Waals surface area contributed by atoms with Crippen LogP contribution in [0.4, 0.5) is 0 Å². The second-order valence-corrected chi connectivity index (χ2v) is 6.21. The fourth-order valence-electron chi connectivity index (χ4n) is 2.04. The van der Waals surface area contributed by atoms with Crippen molar-refractivity contribution < 1.29 is 13.5 Å². The van der Waals surface area contributed by atoms with Crippen LogP contribution in [-0.4, -0.2) is 31.9 Å². The predicted molar refractivity (Wildman–Crippen MR) is 60.0 cm³/mol. The molecule has 0 aromatic heterocycles. The van der Waals surface area contributed by atoms with Crippen LogP contribution in [0, 0.1) is 5.92 Å². The molecule has 5 heteroatoms. The Labute approximate surface area is 92.1 Å². The monoisotopic (exact) mass is 235 g/mol. The molecule has 0 aromatic rings. The molecule has 0 aliphatic heterocycles. The summed E-state index contributed by atoms with van der Waals surface area (Å²) in [4.78, 5) is 0. The third-order valence-corrected chi connectivity index (χ3v) is 4.56. The zero-order valence-electron chi connectivity index (χ0n) is 9.28. The zero-order valence-corrected chi connectivity index (χ0v) is 10.1. The van der Waals surface area contributed by atoms with Gasteiger partial charge in [-0.05, 0) is 38.0 Å². The molecule has 4 nitrogen and oxygen atoms in total. The van der Waals surface area contributed by atoms with Crippen molar-refractivity contribution in [1.82, 2.24) is 4.72 Å². The van der Waals surface area contributed by atoms with E-state index in [1.807, 2.05) is 6.92 Å². The minimum Gasteiger partial charge on any atom is -0.396 e. The van der Waals surface area contributed by atoms with Gasteiger partial charge in [0.2, 0.25) is 10.0 Å². The fourth-order valence-corrected chi connectivity index (χ4v) is 3.44. The first-order valence-corrected chi connectivity index (χ1v) is 7.33. The van der Waals surface area contributed by atoms with Crippen molar-refractivity contribution in [2.45, 2.75) is 45.1 Å². The van der Waals surface area contributed by atoms with Gasteiger partial charge in [0.15, 0.2) is 0 Å². The van der Waals surface area contributed by atoms with Gasteiger partial charge in [-0.15, -0.1) is 0 Å². The Balaban J connectivity index is 2.35. The summed E-state index contributed by atoms with van der Waals surface area (Å²) < 4.78 is 25.7. The number of aliphatic hydroxyl groups excluding tert-OH is 1. The fraction of sp³-hybridized carbons (Fsp3) is 1.00. The zero-order chi connectivity index (χ0) is 11.3. The van der Waals surface area contributed by atoms with Crippen LogP contribution in [0.3, 0.4) is 0 Å². The lowest BCUT2D eigenvalue weighted by Gasteiger charge is -2.27. The van der Waals surface area contributed by atoms with E-state index in [1.54, 1.807) is 0 Å². The maximum atomic E-state index is 11.5. The van der Waals surface area contributed by atoms with E-state index in [0.29, 0.717) is 12.3 Å². The number of aliphatic hydroxyl groups is 1. The molecule has 0 unspecified atom stereocenters. The standard InChI is InChI=1S/C10H21NO3S/c1-2-7-15(13,14)11-10-5-3-9(8-12)4-6-10/h9-12H,2-8H2,1H3. The lowest BCUT2D eigenvalue weighted by Crippen LogP contribution is -2.39. The summed E-state index contributed by atoms with van der Waals surface area (Å²) in [7, 11) is -3.07. The smallest absolute Gasteiger partial charge is 0.211 e. The van der Waals surface area contributed by atoms with Gasteiger partial charge in [-0.2, -0.15) is 0 Å². The van der Waals surface area contributed by atoms with Crippen LogP contribution in [0.25, 0.3) is 0 Å². The number of hydrogen-bond acceptors (Lipinski definition) is 3. The molecular weight excluding hydrogens is 214 g/mol. The third-order valence-electron chi connectivity index (χ3n) is 2.92. The second-order valence-electron chi connectivity index (χ2n) is 4.34. The van der Waals surface area contributed by atoms with Crippen LogP contribution in [-0.2, 0) is 10.0 Å². The summed E-state index contributed by atoms with van der Waals surface area (Å²) in [5.74, 6) is 0.587. The largest absolute Gasteiger partial charge is 0.396 e. The van der Waals surface area contributed by atoms with Gasteiger partial charge < -0.3 is 5.11 Å². The molecule has 0 spiro atoms. The van der Waals surface area contributed by atoms with Crippen molar-refractivity contribution in [1.29, 1.82) is 0 Å². The van der Waals surface area contributed by atoms with Crippen LogP contribution >= 0.6 is 0 Å². The van der Waals surface area contributed by atoms with Gasteiger partial charge in [0.05, 0.1) is 5.75 Å². The van der Waals surface area contributed by atoms with Gasteiger partial charge in [-0.25, -0.2) is 13.1 Å². The number of rotatable bonds is 5. The molecule has 0 saturated heterocycles. The summed E-state index contributed by atoms with van der Waals surface area (Å²) in [5, 5.41) is 8.96. The van der Waals surface area contributed by atoms with Crippen molar-refractivity contribution in [3.05, 3.63) is 0 Å². The van der Waals surface area contributed by atoms with Gasteiger partial charge in [0, 0.05) is 12.6 Å².